The van der Waals surface area contributed by atoms with Crippen molar-refractivity contribution in [2.75, 3.05) is 18.9 Å². The largest absolute Gasteiger partial charge is 0.348 e. The molecule has 168 valence electrons. The van der Waals surface area contributed by atoms with Gasteiger partial charge in [-0.2, -0.15) is 0 Å². The van der Waals surface area contributed by atoms with E-state index >= 15 is 0 Å². The van der Waals surface area contributed by atoms with E-state index in [4.69, 9.17) is 5.84 Å². The lowest BCUT2D eigenvalue weighted by molar-refractivity contribution is 0.0950. The van der Waals surface area contributed by atoms with Crippen LogP contribution in [0.4, 0.5) is 11.4 Å². The van der Waals surface area contributed by atoms with Crippen molar-refractivity contribution in [2.45, 2.75) is 19.5 Å². The molecule has 1 heterocycles. The van der Waals surface area contributed by atoms with E-state index in [9.17, 15) is 9.59 Å². The molecule has 4 rings (SSSR count). The molecule has 0 unspecified atom stereocenters. The third kappa shape index (κ3) is 5.61. The molecule has 3 aromatic carbocycles. The Balaban J connectivity index is 1.37. The summed E-state index contributed by atoms with van der Waals surface area (Å²) >= 11 is 0. The Morgan fingerprint density at radius 3 is 2.58 bits per heavy atom. The van der Waals surface area contributed by atoms with Crippen LogP contribution in [0.5, 0.6) is 0 Å². The number of rotatable bonds is 6. The molecule has 0 bridgehead atoms. The number of fused-ring (bicyclic) bond motifs is 1. The Labute approximate surface area is 192 Å². The highest BCUT2D eigenvalue weighted by Crippen LogP contribution is 2.22. The minimum atomic E-state index is -0.222. The lowest BCUT2D eigenvalue weighted by Crippen LogP contribution is -2.26. The van der Waals surface area contributed by atoms with Crippen molar-refractivity contribution in [1.29, 1.82) is 0 Å². The maximum atomic E-state index is 12.8. The summed E-state index contributed by atoms with van der Waals surface area (Å²) in [5.74, 6) is 4.62. The average molecular weight is 443 g/mol. The Morgan fingerprint density at radius 1 is 0.970 bits per heavy atom. The van der Waals surface area contributed by atoms with Gasteiger partial charge in [-0.3, -0.25) is 9.59 Å². The van der Waals surface area contributed by atoms with Crippen LogP contribution in [-0.2, 0) is 19.5 Å². The molecule has 0 atom stereocenters. The van der Waals surface area contributed by atoms with Gasteiger partial charge in [0, 0.05) is 36.4 Å². The number of likely N-dealkylation sites (N-methyl/N-ethyl adjacent to an activating group) is 1. The van der Waals surface area contributed by atoms with Crippen molar-refractivity contribution in [3.63, 3.8) is 0 Å². The predicted molar refractivity (Wildman–Crippen MR) is 127 cm³/mol. The Kier molecular flexibility index (Phi) is 6.75. The molecule has 3 aromatic rings. The minimum Gasteiger partial charge on any atom is -0.348 e. The quantitative estimate of drug-likeness (QED) is 0.306. The van der Waals surface area contributed by atoms with Crippen molar-refractivity contribution in [1.82, 2.24) is 10.2 Å². The zero-order valence-electron chi connectivity index (χ0n) is 18.4. The van der Waals surface area contributed by atoms with Crippen LogP contribution in [0.15, 0.2) is 77.1 Å². The summed E-state index contributed by atoms with van der Waals surface area (Å²) in [6.45, 7) is 2.23. The zero-order chi connectivity index (χ0) is 23.2. The number of hydrogen-bond donors (Lipinski definition) is 3. The first-order valence-electron chi connectivity index (χ1n) is 10.7. The maximum Gasteiger partial charge on any atom is 0.255 e. The highest BCUT2D eigenvalue weighted by atomic mass is 16.2. The fourth-order valence-corrected chi connectivity index (χ4v) is 3.83. The standard InChI is InChI=1S/C25H26N6O2/c1-31-12-11-18-5-10-23(14-21(18)16-31)28-25(33)20-4-2-3-17(13-20)15-27-24(32)19-6-8-22(9-7-19)29-30-26/h2-10,13-14H,11-12,15-16H2,1H3,(H2,26,29)(H,27,32)(H,28,33). The first-order valence-corrected chi connectivity index (χ1v) is 10.7. The van der Waals surface area contributed by atoms with Crippen molar-refractivity contribution in [3.8, 4) is 0 Å². The van der Waals surface area contributed by atoms with Crippen molar-refractivity contribution >= 4 is 23.2 Å². The summed E-state index contributed by atoms with van der Waals surface area (Å²) in [4.78, 5) is 27.5. The van der Waals surface area contributed by atoms with Crippen molar-refractivity contribution < 1.29 is 9.59 Å². The molecule has 8 heteroatoms. The fraction of sp³-hybridized carbons (Fsp3) is 0.200. The van der Waals surface area contributed by atoms with Crippen LogP contribution in [0.2, 0.25) is 0 Å². The SMILES string of the molecule is CN1CCc2ccc(NC(=O)c3cccc(CNC(=O)c4ccc(N=NN)cc4)c3)cc2C1. The van der Waals surface area contributed by atoms with Gasteiger partial charge in [0.15, 0.2) is 0 Å². The van der Waals surface area contributed by atoms with Crippen molar-refractivity contribution in [3.05, 3.63) is 94.5 Å². The van der Waals surface area contributed by atoms with E-state index in [0.29, 0.717) is 23.4 Å². The number of anilines is 1. The van der Waals surface area contributed by atoms with Crippen LogP contribution < -0.4 is 16.5 Å². The third-order valence-corrected chi connectivity index (χ3v) is 5.61. The molecule has 4 N–H and O–H groups in total. The number of nitrogens with zero attached hydrogens (tertiary/aromatic N) is 3. The van der Waals surface area contributed by atoms with Gasteiger partial charge in [-0.1, -0.05) is 23.4 Å². The van der Waals surface area contributed by atoms with Crippen molar-refractivity contribution in [2.24, 2.45) is 16.2 Å². The molecule has 1 aliphatic rings. The van der Waals surface area contributed by atoms with Crippen LogP contribution in [0.25, 0.3) is 0 Å². The van der Waals surface area contributed by atoms with Gasteiger partial charge < -0.3 is 21.4 Å². The smallest absolute Gasteiger partial charge is 0.255 e. The summed E-state index contributed by atoms with van der Waals surface area (Å²) in [7, 11) is 2.10. The molecule has 1 aliphatic heterocycles. The highest BCUT2D eigenvalue weighted by molar-refractivity contribution is 6.04. The van der Waals surface area contributed by atoms with Gasteiger partial charge in [0.25, 0.3) is 11.8 Å². The van der Waals surface area contributed by atoms with Gasteiger partial charge in [0.2, 0.25) is 0 Å². The number of benzene rings is 3. The third-order valence-electron chi connectivity index (χ3n) is 5.61. The number of carbonyl (C=O) groups excluding carboxylic acids is 2. The monoisotopic (exact) mass is 442 g/mol. The Morgan fingerprint density at radius 2 is 1.79 bits per heavy atom. The number of hydrogen-bond acceptors (Lipinski definition) is 5. The molecule has 0 aliphatic carbocycles. The van der Waals surface area contributed by atoms with E-state index in [2.05, 4.69) is 39.0 Å². The molecule has 8 nitrogen and oxygen atoms in total. The fourth-order valence-electron chi connectivity index (χ4n) is 3.83. The van der Waals surface area contributed by atoms with Gasteiger partial charge in [-0.25, -0.2) is 0 Å². The lowest BCUT2D eigenvalue weighted by atomic mass is 9.99. The molecule has 0 saturated carbocycles. The van der Waals surface area contributed by atoms with Gasteiger partial charge in [-0.05, 0) is 78.7 Å². The molecule has 2 amide bonds. The topological polar surface area (TPSA) is 112 Å². The number of amides is 2. The second kappa shape index (κ2) is 10.1. The van der Waals surface area contributed by atoms with E-state index < -0.39 is 0 Å². The van der Waals surface area contributed by atoms with Gasteiger partial charge in [0.05, 0.1) is 5.69 Å². The van der Waals surface area contributed by atoms with Gasteiger partial charge in [0.1, 0.15) is 0 Å². The van der Waals surface area contributed by atoms with E-state index in [-0.39, 0.29) is 11.8 Å². The molecule has 0 saturated heterocycles. The van der Waals surface area contributed by atoms with Crippen LogP contribution in [0, 0.1) is 0 Å². The van der Waals surface area contributed by atoms with Crippen LogP contribution in [-0.4, -0.2) is 30.3 Å². The molecule has 0 spiro atoms. The highest BCUT2D eigenvalue weighted by Gasteiger charge is 2.15. The van der Waals surface area contributed by atoms with E-state index in [1.807, 2.05) is 24.3 Å². The second-order valence-corrected chi connectivity index (χ2v) is 8.07. The number of nitrogens with one attached hydrogen (secondary N) is 2. The average Bonchev–Trinajstić information content (AvgIpc) is 2.83. The summed E-state index contributed by atoms with van der Waals surface area (Å²) < 4.78 is 0. The molecule has 0 aromatic heterocycles. The molecule has 33 heavy (non-hydrogen) atoms. The normalized spacial score (nSPS) is 13.5. The molecule has 0 fully saturated rings. The first-order chi connectivity index (χ1) is 16.0. The molecule has 0 radical (unpaired) electrons. The van der Waals surface area contributed by atoms with Gasteiger partial charge in [-0.15, -0.1) is 5.11 Å². The van der Waals surface area contributed by atoms with E-state index in [1.54, 1.807) is 36.4 Å². The minimum absolute atomic E-state index is 0.183. The summed E-state index contributed by atoms with van der Waals surface area (Å²) in [6.07, 6.45) is 1.02. The van der Waals surface area contributed by atoms with Crippen LogP contribution >= 0.6 is 0 Å². The Hall–Kier alpha value is -4.04. The van der Waals surface area contributed by atoms with Gasteiger partial charge >= 0.3 is 0 Å². The summed E-state index contributed by atoms with van der Waals surface area (Å²) in [5.41, 5.74) is 5.80. The second-order valence-electron chi connectivity index (χ2n) is 8.07. The van der Waals surface area contributed by atoms with E-state index in [1.165, 1.54) is 11.1 Å². The van der Waals surface area contributed by atoms with Crippen LogP contribution in [0.3, 0.4) is 0 Å². The molecular weight excluding hydrogens is 416 g/mol. The molecular formula is C25H26N6O2. The predicted octanol–water partition coefficient (Wildman–Crippen LogP) is 3.81. The summed E-state index contributed by atoms with van der Waals surface area (Å²) in [5, 5.41) is 12.8. The Bertz CT molecular complexity index is 1190. The van der Waals surface area contributed by atoms with E-state index in [0.717, 1.165) is 30.8 Å². The number of carbonyl (C=O) groups is 2. The first kappa shape index (κ1) is 22.2. The summed E-state index contributed by atoms with van der Waals surface area (Å²) in [6, 6.07) is 19.9. The number of nitrogens with two attached hydrogens (primary N) is 1. The zero-order valence-corrected chi connectivity index (χ0v) is 18.4. The maximum absolute atomic E-state index is 12.8. The lowest BCUT2D eigenvalue weighted by Gasteiger charge is -2.25. The van der Waals surface area contributed by atoms with Crippen LogP contribution in [0.1, 0.15) is 37.4 Å².